The van der Waals surface area contributed by atoms with Crippen LogP contribution >= 0.6 is 0 Å². The number of fused-ring (bicyclic) bond motifs is 1. The highest BCUT2D eigenvalue weighted by molar-refractivity contribution is 5.83. The molecule has 0 bridgehead atoms. The molecule has 1 saturated heterocycles. The SMILES string of the molecule is C[C@H]1CNC[C@@H](c2c[nH]c3cc(F)ccc23)C1. The van der Waals surface area contributed by atoms with Crippen LogP contribution in [-0.4, -0.2) is 18.1 Å². The van der Waals surface area contributed by atoms with Gasteiger partial charge in [0.1, 0.15) is 5.82 Å². The summed E-state index contributed by atoms with van der Waals surface area (Å²) in [7, 11) is 0. The van der Waals surface area contributed by atoms with Gasteiger partial charge < -0.3 is 10.3 Å². The molecule has 0 amide bonds. The largest absolute Gasteiger partial charge is 0.361 e. The van der Waals surface area contributed by atoms with Gasteiger partial charge >= 0.3 is 0 Å². The second-order valence-electron chi connectivity index (χ2n) is 5.13. The van der Waals surface area contributed by atoms with Crippen LogP contribution in [-0.2, 0) is 0 Å². The number of piperidine rings is 1. The number of rotatable bonds is 1. The van der Waals surface area contributed by atoms with E-state index in [1.165, 1.54) is 12.0 Å². The first-order valence-electron chi connectivity index (χ1n) is 6.21. The second-order valence-corrected chi connectivity index (χ2v) is 5.13. The fraction of sp³-hybridized carbons (Fsp3) is 0.429. The molecule has 17 heavy (non-hydrogen) atoms. The Morgan fingerprint density at radius 3 is 3.00 bits per heavy atom. The summed E-state index contributed by atoms with van der Waals surface area (Å²) < 4.78 is 13.1. The van der Waals surface area contributed by atoms with Gasteiger partial charge in [-0.15, -0.1) is 0 Å². The summed E-state index contributed by atoms with van der Waals surface area (Å²) in [6.45, 7) is 4.40. The van der Waals surface area contributed by atoms with Crippen LogP contribution in [0.1, 0.15) is 24.8 Å². The van der Waals surface area contributed by atoms with Gasteiger partial charge in [-0.3, -0.25) is 0 Å². The summed E-state index contributed by atoms with van der Waals surface area (Å²) in [5, 5.41) is 4.62. The lowest BCUT2D eigenvalue weighted by atomic mass is 9.86. The van der Waals surface area contributed by atoms with Crippen molar-refractivity contribution in [3.8, 4) is 0 Å². The highest BCUT2D eigenvalue weighted by atomic mass is 19.1. The van der Waals surface area contributed by atoms with Crippen molar-refractivity contribution in [1.29, 1.82) is 0 Å². The van der Waals surface area contributed by atoms with Crippen LogP contribution in [0.4, 0.5) is 4.39 Å². The Kier molecular flexibility index (Phi) is 2.63. The molecule has 1 aromatic carbocycles. The van der Waals surface area contributed by atoms with Gasteiger partial charge in [-0.2, -0.15) is 0 Å². The molecule has 0 saturated carbocycles. The number of nitrogens with one attached hydrogen (secondary N) is 2. The first-order valence-corrected chi connectivity index (χ1v) is 6.21. The summed E-state index contributed by atoms with van der Waals surface area (Å²) >= 11 is 0. The molecule has 0 aliphatic carbocycles. The van der Waals surface area contributed by atoms with Gasteiger partial charge in [0.2, 0.25) is 0 Å². The molecule has 2 N–H and O–H groups in total. The Morgan fingerprint density at radius 1 is 1.29 bits per heavy atom. The molecule has 0 unspecified atom stereocenters. The van der Waals surface area contributed by atoms with Crippen molar-refractivity contribution in [3.05, 3.63) is 35.8 Å². The standard InChI is InChI=1S/C14H17FN2/c1-9-4-10(7-16-6-9)13-8-17-14-5-11(15)2-3-12(13)14/h2-3,5,8-10,16-17H,4,6-7H2,1H3/t9-,10+/m1/s1. The molecule has 2 atom stereocenters. The van der Waals surface area contributed by atoms with Crippen LogP contribution < -0.4 is 5.32 Å². The van der Waals surface area contributed by atoms with Gasteiger partial charge in [-0.1, -0.05) is 6.92 Å². The highest BCUT2D eigenvalue weighted by Crippen LogP contribution is 2.31. The van der Waals surface area contributed by atoms with E-state index in [9.17, 15) is 4.39 Å². The van der Waals surface area contributed by atoms with Crippen LogP contribution in [0.25, 0.3) is 10.9 Å². The van der Waals surface area contributed by atoms with Crippen LogP contribution in [0.5, 0.6) is 0 Å². The maximum atomic E-state index is 13.1. The first-order chi connectivity index (χ1) is 8.24. The summed E-state index contributed by atoms with van der Waals surface area (Å²) in [5.74, 6) is 1.07. The average Bonchev–Trinajstić information content (AvgIpc) is 2.71. The molecule has 3 heteroatoms. The lowest BCUT2D eigenvalue weighted by Gasteiger charge is -2.27. The molecule has 2 heterocycles. The fourth-order valence-corrected chi connectivity index (χ4v) is 2.85. The molecule has 0 radical (unpaired) electrons. The summed E-state index contributed by atoms with van der Waals surface area (Å²) in [4.78, 5) is 3.17. The van der Waals surface area contributed by atoms with Crippen molar-refractivity contribution < 1.29 is 4.39 Å². The van der Waals surface area contributed by atoms with Crippen LogP contribution in [0, 0.1) is 11.7 Å². The number of hydrogen-bond acceptors (Lipinski definition) is 1. The van der Waals surface area contributed by atoms with E-state index in [-0.39, 0.29) is 5.82 Å². The zero-order valence-corrected chi connectivity index (χ0v) is 9.96. The number of aromatic nitrogens is 1. The molecule has 1 aliphatic rings. The van der Waals surface area contributed by atoms with Gasteiger partial charge in [-0.25, -0.2) is 4.39 Å². The van der Waals surface area contributed by atoms with Crippen molar-refractivity contribution in [1.82, 2.24) is 10.3 Å². The highest BCUT2D eigenvalue weighted by Gasteiger charge is 2.22. The van der Waals surface area contributed by atoms with Crippen LogP contribution in [0.15, 0.2) is 24.4 Å². The van der Waals surface area contributed by atoms with E-state index in [1.54, 1.807) is 12.1 Å². The zero-order valence-electron chi connectivity index (χ0n) is 9.96. The summed E-state index contributed by atoms with van der Waals surface area (Å²) in [5.41, 5.74) is 2.22. The minimum atomic E-state index is -0.180. The maximum Gasteiger partial charge on any atom is 0.125 e. The molecule has 3 rings (SSSR count). The van der Waals surface area contributed by atoms with E-state index < -0.39 is 0 Å². The Balaban J connectivity index is 1.99. The number of halogens is 1. The minimum Gasteiger partial charge on any atom is -0.361 e. The average molecular weight is 232 g/mol. The quantitative estimate of drug-likeness (QED) is 0.777. The van der Waals surface area contributed by atoms with E-state index in [0.29, 0.717) is 11.8 Å². The third kappa shape index (κ3) is 1.95. The Morgan fingerprint density at radius 2 is 2.18 bits per heavy atom. The van der Waals surface area contributed by atoms with Gasteiger partial charge in [-0.05, 0) is 48.6 Å². The molecule has 90 valence electrons. The summed E-state index contributed by atoms with van der Waals surface area (Å²) in [6, 6.07) is 4.99. The first kappa shape index (κ1) is 10.8. The van der Waals surface area contributed by atoms with Crippen molar-refractivity contribution >= 4 is 10.9 Å². The van der Waals surface area contributed by atoms with E-state index in [4.69, 9.17) is 0 Å². The Labute approximate surface area is 100 Å². The van der Waals surface area contributed by atoms with E-state index in [0.717, 1.165) is 24.0 Å². The van der Waals surface area contributed by atoms with Crippen molar-refractivity contribution in [2.24, 2.45) is 5.92 Å². The lowest BCUT2D eigenvalue weighted by Crippen LogP contribution is -2.33. The maximum absolute atomic E-state index is 13.1. The number of benzene rings is 1. The molecule has 2 nitrogen and oxygen atoms in total. The van der Waals surface area contributed by atoms with Crippen molar-refractivity contribution in [3.63, 3.8) is 0 Å². The second kappa shape index (κ2) is 4.15. The zero-order chi connectivity index (χ0) is 11.8. The van der Waals surface area contributed by atoms with Crippen molar-refractivity contribution in [2.45, 2.75) is 19.3 Å². The topological polar surface area (TPSA) is 27.8 Å². The van der Waals surface area contributed by atoms with E-state index in [2.05, 4.69) is 17.2 Å². The molecular weight excluding hydrogens is 215 g/mol. The molecular formula is C14H17FN2. The summed E-state index contributed by atoms with van der Waals surface area (Å²) in [6.07, 6.45) is 3.24. The molecule has 1 aromatic heterocycles. The molecule has 1 aliphatic heterocycles. The predicted molar refractivity (Wildman–Crippen MR) is 67.6 cm³/mol. The molecule has 1 fully saturated rings. The molecule has 0 spiro atoms. The normalized spacial score (nSPS) is 25.3. The van der Waals surface area contributed by atoms with E-state index >= 15 is 0 Å². The minimum absolute atomic E-state index is 0.180. The van der Waals surface area contributed by atoms with Gasteiger partial charge in [0.15, 0.2) is 0 Å². The van der Waals surface area contributed by atoms with Crippen LogP contribution in [0.3, 0.4) is 0 Å². The number of hydrogen-bond donors (Lipinski definition) is 2. The number of H-pyrrole nitrogens is 1. The van der Waals surface area contributed by atoms with Gasteiger partial charge in [0.05, 0.1) is 0 Å². The van der Waals surface area contributed by atoms with Crippen molar-refractivity contribution in [2.75, 3.05) is 13.1 Å². The smallest absolute Gasteiger partial charge is 0.125 e. The van der Waals surface area contributed by atoms with Gasteiger partial charge in [0, 0.05) is 23.6 Å². The monoisotopic (exact) mass is 232 g/mol. The third-order valence-corrected chi connectivity index (χ3v) is 3.69. The Bertz CT molecular complexity index is 532. The van der Waals surface area contributed by atoms with E-state index in [1.807, 2.05) is 12.3 Å². The fourth-order valence-electron chi connectivity index (χ4n) is 2.85. The molecule has 2 aromatic rings. The predicted octanol–water partition coefficient (Wildman–Crippen LogP) is 3.02. The Hall–Kier alpha value is -1.35. The lowest BCUT2D eigenvalue weighted by molar-refractivity contribution is 0.365. The third-order valence-electron chi connectivity index (χ3n) is 3.69. The van der Waals surface area contributed by atoms with Gasteiger partial charge in [0.25, 0.3) is 0 Å². The van der Waals surface area contributed by atoms with Crippen LogP contribution in [0.2, 0.25) is 0 Å². The number of aromatic amines is 1.